The van der Waals surface area contributed by atoms with E-state index >= 15 is 0 Å². The van der Waals surface area contributed by atoms with Crippen molar-refractivity contribution in [1.29, 1.82) is 0 Å². The van der Waals surface area contributed by atoms with E-state index in [0.717, 1.165) is 0 Å². The van der Waals surface area contributed by atoms with Crippen LogP contribution in [0.5, 0.6) is 0 Å². The molecule has 1 saturated carbocycles. The molecule has 3 heteroatoms. The molecule has 0 unspecified atom stereocenters. The van der Waals surface area contributed by atoms with Gasteiger partial charge in [-0.25, -0.2) is 0 Å². The van der Waals surface area contributed by atoms with E-state index in [-0.39, 0.29) is 5.56 Å². The molecule has 1 N–H and O–H groups in total. The van der Waals surface area contributed by atoms with Crippen LogP contribution in [-0.4, -0.2) is 11.6 Å². The van der Waals surface area contributed by atoms with Crippen LogP contribution in [0.25, 0.3) is 0 Å². The zero-order valence-electron chi connectivity index (χ0n) is 10.3. The first-order chi connectivity index (χ1) is 7.75. The maximum Gasteiger partial charge on any atom is 0.273 e. The van der Waals surface area contributed by atoms with Crippen LogP contribution in [0, 0.1) is 0 Å². The monoisotopic (exact) mass is 222 g/mol. The van der Waals surface area contributed by atoms with E-state index in [4.69, 9.17) is 0 Å². The number of hydrogen-bond acceptors (Lipinski definition) is 2. The van der Waals surface area contributed by atoms with E-state index in [1.54, 1.807) is 26.4 Å². The molecule has 16 heavy (non-hydrogen) atoms. The van der Waals surface area contributed by atoms with Crippen molar-refractivity contribution in [2.75, 3.05) is 12.4 Å². The molecule has 0 amide bonds. The summed E-state index contributed by atoms with van der Waals surface area (Å²) in [6, 6.07) is 3.58. The van der Waals surface area contributed by atoms with Gasteiger partial charge in [0.2, 0.25) is 0 Å². The van der Waals surface area contributed by atoms with Gasteiger partial charge < -0.3 is 9.88 Å². The Morgan fingerprint density at radius 3 is 2.00 bits per heavy atom. The molecule has 1 aromatic rings. The molecule has 1 aliphatic rings. The van der Waals surface area contributed by atoms with Gasteiger partial charge in [-0.2, -0.15) is 0 Å². The number of aryl methyl sites for hydroxylation is 1. The Kier molecular flexibility index (Phi) is 5.68. The van der Waals surface area contributed by atoms with Gasteiger partial charge in [-0.05, 0) is 12.1 Å². The summed E-state index contributed by atoms with van der Waals surface area (Å²) in [4.78, 5) is 11.1. The second kappa shape index (κ2) is 7.09. The predicted octanol–water partition coefficient (Wildman–Crippen LogP) is 2.77. The van der Waals surface area contributed by atoms with Crippen LogP contribution in [-0.2, 0) is 7.05 Å². The minimum absolute atomic E-state index is 0.00463. The van der Waals surface area contributed by atoms with Crippen LogP contribution in [0.1, 0.15) is 38.5 Å². The Hall–Kier alpha value is -1.25. The zero-order chi connectivity index (χ0) is 11.8. The van der Waals surface area contributed by atoms with Gasteiger partial charge in [-0.1, -0.05) is 38.5 Å². The van der Waals surface area contributed by atoms with Crippen molar-refractivity contribution < 1.29 is 0 Å². The minimum Gasteiger partial charge on any atom is -0.384 e. The zero-order valence-corrected chi connectivity index (χ0v) is 10.3. The molecule has 1 fully saturated rings. The van der Waals surface area contributed by atoms with Crippen LogP contribution in [0.15, 0.2) is 23.1 Å². The molecule has 0 spiro atoms. The number of anilines is 1. The summed E-state index contributed by atoms with van der Waals surface area (Å²) in [7, 11) is 3.46. The SMILES string of the molecule is C1CCCCC1.CNc1cccn(C)c1=O. The molecular weight excluding hydrogens is 200 g/mol. The van der Waals surface area contributed by atoms with Gasteiger partial charge in [0.1, 0.15) is 5.69 Å². The van der Waals surface area contributed by atoms with Crippen molar-refractivity contribution in [2.45, 2.75) is 38.5 Å². The highest BCUT2D eigenvalue weighted by Crippen LogP contribution is 2.15. The van der Waals surface area contributed by atoms with E-state index in [1.807, 2.05) is 6.07 Å². The first kappa shape index (κ1) is 12.8. The molecule has 0 aromatic carbocycles. The first-order valence-electron chi connectivity index (χ1n) is 6.09. The summed E-state index contributed by atoms with van der Waals surface area (Å²) in [5, 5.41) is 2.80. The molecule has 90 valence electrons. The summed E-state index contributed by atoms with van der Waals surface area (Å²) in [5.41, 5.74) is 0.634. The fourth-order valence-corrected chi connectivity index (χ4v) is 1.85. The van der Waals surface area contributed by atoms with Crippen molar-refractivity contribution in [3.63, 3.8) is 0 Å². The average molecular weight is 222 g/mol. The van der Waals surface area contributed by atoms with Crippen LogP contribution in [0.4, 0.5) is 5.69 Å². The maximum absolute atomic E-state index is 11.1. The van der Waals surface area contributed by atoms with Gasteiger partial charge in [0, 0.05) is 20.3 Å². The average Bonchev–Trinajstić information content (AvgIpc) is 2.36. The lowest BCUT2D eigenvalue weighted by atomic mass is 10.0. The molecule has 0 bridgehead atoms. The highest BCUT2D eigenvalue weighted by molar-refractivity contribution is 5.39. The number of aromatic nitrogens is 1. The van der Waals surface area contributed by atoms with Crippen molar-refractivity contribution in [1.82, 2.24) is 4.57 Å². The molecule has 0 radical (unpaired) electrons. The van der Waals surface area contributed by atoms with Crippen LogP contribution >= 0.6 is 0 Å². The Labute approximate surface area is 97.5 Å². The molecule has 1 aromatic heterocycles. The Morgan fingerprint density at radius 1 is 1.12 bits per heavy atom. The molecule has 3 nitrogen and oxygen atoms in total. The highest BCUT2D eigenvalue weighted by Gasteiger charge is 1.95. The lowest BCUT2D eigenvalue weighted by Crippen LogP contribution is -2.18. The van der Waals surface area contributed by atoms with Gasteiger partial charge in [-0.3, -0.25) is 4.79 Å². The lowest BCUT2D eigenvalue weighted by molar-refractivity contribution is 0.504. The van der Waals surface area contributed by atoms with Crippen LogP contribution < -0.4 is 10.9 Å². The van der Waals surface area contributed by atoms with E-state index in [9.17, 15) is 4.79 Å². The van der Waals surface area contributed by atoms with E-state index in [2.05, 4.69) is 5.32 Å². The number of hydrogen-bond donors (Lipinski definition) is 1. The standard InChI is InChI=1S/C7H10N2O.C6H12/c1-8-6-4-3-5-9(2)7(6)10;1-2-4-6-5-3-1/h3-5,8H,1-2H3;1-6H2. The highest BCUT2D eigenvalue weighted by atomic mass is 16.1. The van der Waals surface area contributed by atoms with E-state index < -0.39 is 0 Å². The third-order valence-electron chi connectivity index (χ3n) is 2.89. The maximum atomic E-state index is 11.1. The molecule has 1 aliphatic carbocycles. The van der Waals surface area contributed by atoms with Gasteiger partial charge in [0.05, 0.1) is 0 Å². The molecule has 0 aliphatic heterocycles. The molecule has 1 heterocycles. The summed E-state index contributed by atoms with van der Waals surface area (Å²) >= 11 is 0. The summed E-state index contributed by atoms with van der Waals surface area (Å²) < 4.78 is 1.53. The Morgan fingerprint density at radius 2 is 1.62 bits per heavy atom. The fourth-order valence-electron chi connectivity index (χ4n) is 1.85. The second-order valence-electron chi connectivity index (χ2n) is 4.21. The third kappa shape index (κ3) is 4.09. The van der Waals surface area contributed by atoms with Gasteiger partial charge in [0.25, 0.3) is 5.56 Å². The van der Waals surface area contributed by atoms with Crippen molar-refractivity contribution in [2.24, 2.45) is 7.05 Å². The Bertz CT molecular complexity index is 342. The topological polar surface area (TPSA) is 34.0 Å². The minimum atomic E-state index is 0.00463. The normalized spacial score (nSPS) is 14.9. The van der Waals surface area contributed by atoms with Crippen LogP contribution in [0.2, 0.25) is 0 Å². The molecule has 0 atom stereocenters. The van der Waals surface area contributed by atoms with Crippen molar-refractivity contribution in [3.8, 4) is 0 Å². The second-order valence-corrected chi connectivity index (χ2v) is 4.21. The van der Waals surface area contributed by atoms with Gasteiger partial charge in [-0.15, -0.1) is 0 Å². The quantitative estimate of drug-likeness (QED) is 0.792. The van der Waals surface area contributed by atoms with Gasteiger partial charge in [0.15, 0.2) is 0 Å². The molecular formula is C13H22N2O. The predicted molar refractivity (Wildman–Crippen MR) is 68.9 cm³/mol. The number of nitrogens with zero attached hydrogens (tertiary/aromatic N) is 1. The number of rotatable bonds is 1. The summed E-state index contributed by atoms with van der Waals surface area (Å²) in [6.07, 6.45) is 10.7. The Balaban J connectivity index is 0.000000181. The van der Waals surface area contributed by atoms with Crippen molar-refractivity contribution >= 4 is 5.69 Å². The van der Waals surface area contributed by atoms with E-state index in [0.29, 0.717) is 5.69 Å². The number of nitrogens with one attached hydrogen (secondary N) is 1. The van der Waals surface area contributed by atoms with E-state index in [1.165, 1.54) is 43.1 Å². The third-order valence-corrected chi connectivity index (χ3v) is 2.89. The smallest absolute Gasteiger partial charge is 0.273 e. The summed E-state index contributed by atoms with van der Waals surface area (Å²) in [6.45, 7) is 0. The van der Waals surface area contributed by atoms with Gasteiger partial charge >= 0.3 is 0 Å². The fraction of sp³-hybridized carbons (Fsp3) is 0.615. The molecule has 2 rings (SSSR count). The lowest BCUT2D eigenvalue weighted by Gasteiger charge is -2.05. The summed E-state index contributed by atoms with van der Waals surface area (Å²) in [5.74, 6) is 0. The largest absolute Gasteiger partial charge is 0.384 e. The van der Waals surface area contributed by atoms with Crippen molar-refractivity contribution in [3.05, 3.63) is 28.7 Å². The molecule has 0 saturated heterocycles. The first-order valence-corrected chi connectivity index (χ1v) is 6.09. The van der Waals surface area contributed by atoms with Crippen LogP contribution in [0.3, 0.4) is 0 Å². The number of pyridine rings is 1.